The van der Waals surface area contributed by atoms with Crippen molar-refractivity contribution < 1.29 is 38.8 Å². The molecule has 1 atom stereocenters. The first kappa shape index (κ1) is 23.6. The van der Waals surface area contributed by atoms with E-state index in [1.54, 1.807) is 13.8 Å². The molecule has 0 aromatic carbocycles. The zero-order valence-electron chi connectivity index (χ0n) is 14.1. The fourth-order valence-corrected chi connectivity index (χ4v) is 1.05. The SMILES string of the molecule is CC(=O)OCC(O)CO.CCC(=O)OCCCCOC(=O)CC. The molecule has 1 unspecified atom stereocenters. The van der Waals surface area contributed by atoms with Crippen molar-refractivity contribution in [2.75, 3.05) is 26.4 Å². The van der Waals surface area contributed by atoms with Gasteiger partial charge in [0.25, 0.3) is 0 Å². The summed E-state index contributed by atoms with van der Waals surface area (Å²) in [5, 5.41) is 16.8. The normalized spacial score (nSPS) is 10.8. The molecular weight excluding hydrogens is 308 g/mol. The van der Waals surface area contributed by atoms with E-state index in [1.165, 1.54) is 6.92 Å². The van der Waals surface area contributed by atoms with E-state index in [1.807, 2.05) is 0 Å². The minimum atomic E-state index is -0.950. The molecule has 0 saturated carbocycles. The summed E-state index contributed by atoms with van der Waals surface area (Å²) in [5.74, 6) is -0.825. The van der Waals surface area contributed by atoms with Crippen molar-refractivity contribution in [2.45, 2.75) is 52.6 Å². The number of aliphatic hydroxyl groups is 2. The molecule has 0 amide bonds. The smallest absolute Gasteiger partial charge is 0.305 e. The van der Waals surface area contributed by atoms with Crippen LogP contribution in [0.2, 0.25) is 0 Å². The van der Waals surface area contributed by atoms with Gasteiger partial charge in [-0.2, -0.15) is 0 Å². The zero-order valence-corrected chi connectivity index (χ0v) is 14.1. The van der Waals surface area contributed by atoms with Crippen LogP contribution in [0.3, 0.4) is 0 Å². The van der Waals surface area contributed by atoms with Gasteiger partial charge in [-0.1, -0.05) is 13.8 Å². The Bertz CT molecular complexity index is 309. The quantitative estimate of drug-likeness (QED) is 0.338. The predicted molar refractivity (Wildman–Crippen MR) is 81.5 cm³/mol. The van der Waals surface area contributed by atoms with Gasteiger partial charge in [0, 0.05) is 19.8 Å². The summed E-state index contributed by atoms with van der Waals surface area (Å²) in [6, 6.07) is 0. The van der Waals surface area contributed by atoms with Crippen LogP contribution < -0.4 is 0 Å². The van der Waals surface area contributed by atoms with Crippen molar-refractivity contribution in [3.63, 3.8) is 0 Å². The van der Waals surface area contributed by atoms with Crippen LogP contribution in [-0.2, 0) is 28.6 Å². The lowest BCUT2D eigenvalue weighted by Gasteiger charge is -2.05. The first-order valence-corrected chi connectivity index (χ1v) is 7.60. The lowest BCUT2D eigenvalue weighted by molar-refractivity contribution is -0.145. The number of carbonyl (C=O) groups is 3. The van der Waals surface area contributed by atoms with Crippen molar-refractivity contribution in [1.82, 2.24) is 0 Å². The molecule has 0 saturated heterocycles. The highest BCUT2D eigenvalue weighted by atomic mass is 16.5. The van der Waals surface area contributed by atoms with Crippen molar-refractivity contribution in [3.8, 4) is 0 Å². The molecule has 8 heteroatoms. The summed E-state index contributed by atoms with van der Waals surface area (Å²) < 4.78 is 14.0. The Morgan fingerprint density at radius 2 is 1.35 bits per heavy atom. The van der Waals surface area contributed by atoms with Crippen LogP contribution in [0.4, 0.5) is 0 Å². The van der Waals surface area contributed by atoms with Crippen LogP contribution in [-0.4, -0.2) is 60.7 Å². The zero-order chi connectivity index (χ0) is 18.1. The van der Waals surface area contributed by atoms with Gasteiger partial charge in [0.15, 0.2) is 0 Å². The van der Waals surface area contributed by atoms with Crippen molar-refractivity contribution in [3.05, 3.63) is 0 Å². The van der Waals surface area contributed by atoms with Gasteiger partial charge in [0.05, 0.1) is 19.8 Å². The number of esters is 3. The van der Waals surface area contributed by atoms with E-state index in [2.05, 4.69) is 4.74 Å². The van der Waals surface area contributed by atoms with Gasteiger partial charge in [-0.15, -0.1) is 0 Å². The number of rotatable bonds is 10. The Kier molecular flexibility index (Phi) is 17.1. The fourth-order valence-electron chi connectivity index (χ4n) is 1.05. The molecule has 0 aliphatic carbocycles. The summed E-state index contributed by atoms with van der Waals surface area (Å²) in [5.41, 5.74) is 0. The van der Waals surface area contributed by atoms with Gasteiger partial charge >= 0.3 is 17.9 Å². The van der Waals surface area contributed by atoms with E-state index >= 15 is 0 Å². The molecule has 0 aliphatic heterocycles. The van der Waals surface area contributed by atoms with Crippen LogP contribution >= 0.6 is 0 Å². The largest absolute Gasteiger partial charge is 0.466 e. The molecule has 0 aromatic heterocycles. The average molecular weight is 336 g/mol. The third-order valence-corrected chi connectivity index (χ3v) is 2.33. The first-order chi connectivity index (χ1) is 10.9. The molecular formula is C15H28O8. The third kappa shape index (κ3) is 20.3. The van der Waals surface area contributed by atoms with Crippen molar-refractivity contribution >= 4 is 17.9 Å². The maximum absolute atomic E-state index is 10.7. The number of hydrogen-bond acceptors (Lipinski definition) is 8. The first-order valence-electron chi connectivity index (χ1n) is 7.60. The highest BCUT2D eigenvalue weighted by Gasteiger charge is 2.02. The Morgan fingerprint density at radius 1 is 0.913 bits per heavy atom. The lowest BCUT2D eigenvalue weighted by atomic mass is 10.3. The predicted octanol–water partition coefficient (Wildman–Crippen LogP) is 0.576. The molecule has 0 heterocycles. The number of carbonyl (C=O) groups excluding carboxylic acids is 3. The minimum Gasteiger partial charge on any atom is -0.466 e. The average Bonchev–Trinajstić information content (AvgIpc) is 2.55. The summed E-state index contributed by atoms with van der Waals surface area (Å²) in [6.45, 7) is 5.06. The van der Waals surface area contributed by atoms with E-state index in [-0.39, 0.29) is 25.2 Å². The van der Waals surface area contributed by atoms with E-state index < -0.39 is 12.1 Å². The lowest BCUT2D eigenvalue weighted by Crippen LogP contribution is -2.20. The van der Waals surface area contributed by atoms with Gasteiger partial charge in [0.2, 0.25) is 0 Å². The molecule has 0 spiro atoms. The van der Waals surface area contributed by atoms with E-state index in [0.717, 1.165) is 12.8 Å². The molecule has 0 radical (unpaired) electrons. The van der Waals surface area contributed by atoms with Gasteiger partial charge in [-0.05, 0) is 12.8 Å². The van der Waals surface area contributed by atoms with Gasteiger partial charge in [-0.3, -0.25) is 14.4 Å². The van der Waals surface area contributed by atoms with E-state index in [4.69, 9.17) is 19.7 Å². The molecule has 2 N–H and O–H groups in total. The fraction of sp³-hybridized carbons (Fsp3) is 0.800. The Morgan fingerprint density at radius 3 is 1.65 bits per heavy atom. The third-order valence-electron chi connectivity index (χ3n) is 2.33. The van der Waals surface area contributed by atoms with Crippen LogP contribution in [0, 0.1) is 0 Å². The number of ether oxygens (including phenoxy) is 3. The standard InChI is InChI=1S/C10H18O4.C5H10O4/c1-3-9(11)13-7-5-6-8-14-10(12)4-2;1-4(7)9-3-5(8)2-6/h3-8H2,1-2H3;5-6,8H,2-3H2,1H3. The minimum absolute atomic E-state index is 0.133. The van der Waals surface area contributed by atoms with E-state index in [0.29, 0.717) is 26.1 Å². The summed E-state index contributed by atoms with van der Waals surface area (Å²) >= 11 is 0. The molecule has 8 nitrogen and oxygen atoms in total. The Labute approximate surface area is 136 Å². The summed E-state index contributed by atoms with van der Waals surface area (Å²) in [4.78, 5) is 31.4. The monoisotopic (exact) mass is 336 g/mol. The maximum Gasteiger partial charge on any atom is 0.305 e. The Hall–Kier alpha value is -1.67. The van der Waals surface area contributed by atoms with Gasteiger partial charge in [0.1, 0.15) is 12.7 Å². The number of aliphatic hydroxyl groups excluding tert-OH is 2. The molecule has 0 bridgehead atoms. The highest BCUT2D eigenvalue weighted by molar-refractivity contribution is 5.69. The highest BCUT2D eigenvalue weighted by Crippen LogP contribution is 1.94. The second-order valence-electron chi connectivity index (χ2n) is 4.49. The van der Waals surface area contributed by atoms with Gasteiger partial charge < -0.3 is 24.4 Å². The number of unbranched alkanes of at least 4 members (excludes halogenated alkanes) is 1. The number of hydrogen-bond donors (Lipinski definition) is 2. The molecule has 136 valence electrons. The summed E-state index contributed by atoms with van der Waals surface area (Å²) in [7, 11) is 0. The molecule has 0 aliphatic rings. The van der Waals surface area contributed by atoms with Crippen LogP contribution in [0.1, 0.15) is 46.5 Å². The maximum atomic E-state index is 10.7. The second-order valence-corrected chi connectivity index (χ2v) is 4.49. The molecule has 0 fully saturated rings. The van der Waals surface area contributed by atoms with Crippen LogP contribution in [0.5, 0.6) is 0 Å². The van der Waals surface area contributed by atoms with E-state index in [9.17, 15) is 14.4 Å². The molecule has 0 rings (SSSR count). The van der Waals surface area contributed by atoms with Crippen LogP contribution in [0.25, 0.3) is 0 Å². The molecule has 23 heavy (non-hydrogen) atoms. The molecule has 0 aromatic rings. The second kappa shape index (κ2) is 16.7. The van der Waals surface area contributed by atoms with Crippen molar-refractivity contribution in [2.24, 2.45) is 0 Å². The van der Waals surface area contributed by atoms with Gasteiger partial charge in [-0.25, -0.2) is 0 Å². The Balaban J connectivity index is 0. The van der Waals surface area contributed by atoms with Crippen LogP contribution in [0.15, 0.2) is 0 Å². The van der Waals surface area contributed by atoms with Crippen molar-refractivity contribution in [1.29, 1.82) is 0 Å². The summed E-state index contributed by atoms with van der Waals surface area (Å²) in [6.07, 6.45) is 1.34. The topological polar surface area (TPSA) is 119 Å².